The third-order valence-corrected chi connectivity index (χ3v) is 5.94. The molecule has 92 valence electrons. The lowest BCUT2D eigenvalue weighted by Crippen LogP contribution is -2.09. The van der Waals surface area contributed by atoms with Crippen LogP contribution in [0.4, 0.5) is 0 Å². The van der Waals surface area contributed by atoms with Crippen LogP contribution in [0.3, 0.4) is 0 Å². The fourth-order valence-electron chi connectivity index (χ4n) is 0.973. The molecule has 0 spiro atoms. The number of hydrogen-bond donors (Lipinski definition) is 0. The van der Waals surface area contributed by atoms with E-state index in [9.17, 15) is 0 Å². The van der Waals surface area contributed by atoms with Crippen molar-refractivity contribution in [3.8, 4) is 0 Å². The fourth-order valence-corrected chi connectivity index (χ4v) is 3.18. The summed E-state index contributed by atoms with van der Waals surface area (Å²) in [5.74, 6) is 0. The summed E-state index contributed by atoms with van der Waals surface area (Å²) in [5.41, 5.74) is 0. The van der Waals surface area contributed by atoms with Gasteiger partial charge in [-0.1, -0.05) is 12.6 Å². The average molecular weight is 267 g/mol. The molecule has 3 nitrogen and oxygen atoms in total. The van der Waals surface area contributed by atoms with Crippen LogP contribution in [0.15, 0.2) is 0 Å². The highest BCUT2D eigenvalue weighted by Gasteiger charge is 2.21. The Morgan fingerprint density at radius 2 is 2.13 bits per heavy atom. The van der Waals surface area contributed by atoms with E-state index in [0.29, 0.717) is 6.10 Å². The van der Waals surface area contributed by atoms with Gasteiger partial charge in [-0.2, -0.15) is 0 Å². The minimum atomic E-state index is -0.194. The third kappa shape index (κ3) is 14.5. The first-order valence-electron chi connectivity index (χ1n) is 5.89. The lowest BCUT2D eigenvalue weighted by molar-refractivity contribution is 0.117. The summed E-state index contributed by atoms with van der Waals surface area (Å²) in [5, 5.41) is 0. The molecule has 6 heteroatoms. The van der Waals surface area contributed by atoms with Gasteiger partial charge in [0, 0.05) is 21.5 Å². The first-order valence-corrected chi connectivity index (χ1v) is 13.3. The standard InChI is InChI=1S/C7H18O2Si2.C2H8OSi/c1-11(10)4-2-3-8-5-7-6-9-7;1-2-3-4/h7,11H,2-6H2,1,10H3;2H2,1,4H3. The number of ether oxygens (including phenoxy) is 2. The Labute approximate surface area is 101 Å². The van der Waals surface area contributed by atoms with Gasteiger partial charge in [0.1, 0.15) is 16.6 Å². The molecule has 0 aromatic carbocycles. The maximum absolute atomic E-state index is 5.42. The van der Waals surface area contributed by atoms with E-state index in [4.69, 9.17) is 9.47 Å². The van der Waals surface area contributed by atoms with Crippen molar-refractivity contribution in [2.75, 3.05) is 26.4 Å². The third-order valence-electron chi connectivity index (χ3n) is 2.06. The second kappa shape index (κ2) is 11.0. The van der Waals surface area contributed by atoms with Crippen LogP contribution in [0, 0.1) is 0 Å². The molecule has 0 amide bonds. The maximum Gasteiger partial charge on any atom is 0.145 e. The van der Waals surface area contributed by atoms with Crippen molar-refractivity contribution in [3.63, 3.8) is 0 Å². The van der Waals surface area contributed by atoms with E-state index in [2.05, 4.69) is 11.0 Å². The summed E-state index contributed by atoms with van der Waals surface area (Å²) in [6.07, 6.45) is 1.73. The van der Waals surface area contributed by atoms with Crippen LogP contribution < -0.4 is 0 Å². The Morgan fingerprint density at radius 1 is 1.53 bits per heavy atom. The quantitative estimate of drug-likeness (QED) is 0.330. The summed E-state index contributed by atoms with van der Waals surface area (Å²) in [6.45, 7) is 8.03. The van der Waals surface area contributed by atoms with Gasteiger partial charge >= 0.3 is 0 Å². The smallest absolute Gasteiger partial charge is 0.145 e. The lowest BCUT2D eigenvalue weighted by atomic mass is 10.5. The van der Waals surface area contributed by atoms with Crippen molar-refractivity contribution < 1.29 is 13.9 Å². The summed E-state index contributed by atoms with van der Waals surface area (Å²) in [6, 6.07) is 1.47. The normalized spacial score (nSPS) is 20.8. The molecule has 1 aliphatic rings. The average Bonchev–Trinajstić information content (AvgIpc) is 3.01. The molecule has 2 atom stereocenters. The molecule has 0 saturated carbocycles. The van der Waals surface area contributed by atoms with Gasteiger partial charge in [-0.15, -0.1) is 0 Å². The van der Waals surface area contributed by atoms with Gasteiger partial charge in [0.25, 0.3) is 0 Å². The molecule has 0 bridgehead atoms. The Bertz CT molecular complexity index is 126. The minimum absolute atomic E-state index is 0.194. The first kappa shape index (κ1) is 15.5. The molecule has 0 aliphatic carbocycles. The van der Waals surface area contributed by atoms with Crippen LogP contribution in [0.2, 0.25) is 12.6 Å². The van der Waals surface area contributed by atoms with Gasteiger partial charge in [-0.25, -0.2) is 0 Å². The van der Waals surface area contributed by atoms with E-state index in [1.54, 1.807) is 0 Å². The largest absolute Gasteiger partial charge is 0.428 e. The van der Waals surface area contributed by atoms with Crippen LogP contribution in [0.25, 0.3) is 0 Å². The number of epoxide rings is 1. The Hall–Kier alpha value is 0.531. The van der Waals surface area contributed by atoms with Crippen molar-refractivity contribution in [3.05, 3.63) is 0 Å². The molecule has 15 heavy (non-hydrogen) atoms. The van der Waals surface area contributed by atoms with E-state index >= 15 is 0 Å². The monoisotopic (exact) mass is 266 g/mol. The summed E-state index contributed by atoms with van der Waals surface area (Å²) >= 11 is 0. The second-order valence-corrected chi connectivity index (χ2v) is 14.0. The van der Waals surface area contributed by atoms with E-state index in [-0.39, 0.29) is 8.31 Å². The highest BCUT2D eigenvalue weighted by molar-refractivity contribution is 7.02. The molecule has 1 saturated heterocycles. The summed E-state index contributed by atoms with van der Waals surface area (Å²) in [7, 11) is 2.15. The first-order chi connectivity index (χ1) is 7.20. The zero-order valence-electron chi connectivity index (χ0n) is 10.6. The van der Waals surface area contributed by atoms with Gasteiger partial charge in [-0.3, -0.25) is 0 Å². The Morgan fingerprint density at radius 3 is 2.53 bits per heavy atom. The van der Waals surface area contributed by atoms with Crippen molar-refractivity contribution in [1.29, 1.82) is 0 Å². The van der Waals surface area contributed by atoms with E-state index in [1.165, 1.54) is 22.2 Å². The van der Waals surface area contributed by atoms with Crippen LogP contribution in [0.5, 0.6) is 0 Å². The number of hydrogen-bond acceptors (Lipinski definition) is 3. The van der Waals surface area contributed by atoms with E-state index < -0.39 is 0 Å². The van der Waals surface area contributed by atoms with Crippen molar-refractivity contribution in [2.45, 2.75) is 32.0 Å². The topological polar surface area (TPSA) is 31.0 Å². The summed E-state index contributed by atoms with van der Waals surface area (Å²) in [4.78, 5) is 0. The van der Waals surface area contributed by atoms with Crippen molar-refractivity contribution in [2.24, 2.45) is 0 Å². The molecule has 0 N–H and O–H groups in total. The van der Waals surface area contributed by atoms with Gasteiger partial charge in [0.2, 0.25) is 0 Å². The molecular weight excluding hydrogens is 240 g/mol. The van der Waals surface area contributed by atoms with Crippen LogP contribution >= 0.6 is 0 Å². The van der Waals surface area contributed by atoms with Crippen molar-refractivity contribution in [1.82, 2.24) is 0 Å². The van der Waals surface area contributed by atoms with Gasteiger partial charge in [0.05, 0.1) is 13.2 Å². The highest BCUT2D eigenvalue weighted by Crippen LogP contribution is 2.08. The molecule has 1 heterocycles. The molecule has 0 radical (unpaired) electrons. The van der Waals surface area contributed by atoms with E-state index in [1.807, 2.05) is 6.92 Å². The lowest BCUT2D eigenvalue weighted by Gasteiger charge is -2.03. The summed E-state index contributed by atoms with van der Waals surface area (Å²) < 4.78 is 15.1. The molecule has 0 aromatic heterocycles. The Kier molecular flexibility index (Phi) is 11.4. The molecule has 0 aromatic rings. The second-order valence-electron chi connectivity index (χ2n) is 4.14. The van der Waals surface area contributed by atoms with Crippen LogP contribution in [-0.4, -0.2) is 61.1 Å². The predicted molar refractivity (Wildman–Crippen MR) is 74.5 cm³/mol. The SMILES string of the molecule is CCO[SiH3].C[SiH]([SiH3])CCCOCC1CO1. The van der Waals surface area contributed by atoms with Crippen molar-refractivity contribution >= 4 is 28.6 Å². The molecule has 1 aliphatic heterocycles. The zero-order chi connectivity index (χ0) is 11.5. The molecule has 2 unspecified atom stereocenters. The highest BCUT2D eigenvalue weighted by atomic mass is 29.1. The molecular formula is C9H26O3Si3. The van der Waals surface area contributed by atoms with Gasteiger partial charge in [0.15, 0.2) is 0 Å². The fraction of sp³-hybridized carbons (Fsp3) is 1.00. The van der Waals surface area contributed by atoms with Gasteiger partial charge < -0.3 is 13.9 Å². The zero-order valence-corrected chi connectivity index (χ0v) is 15.8. The minimum Gasteiger partial charge on any atom is -0.428 e. The van der Waals surface area contributed by atoms with Gasteiger partial charge in [-0.05, 0) is 23.1 Å². The maximum atomic E-state index is 5.42. The van der Waals surface area contributed by atoms with Crippen LogP contribution in [-0.2, 0) is 13.9 Å². The van der Waals surface area contributed by atoms with Crippen LogP contribution in [0.1, 0.15) is 13.3 Å². The molecule has 1 rings (SSSR count). The molecule has 1 fully saturated rings. The van der Waals surface area contributed by atoms with E-state index in [0.717, 1.165) is 36.9 Å². The predicted octanol–water partition coefficient (Wildman–Crippen LogP) is -1.19. The Balaban J connectivity index is 0.000000423. The number of rotatable bonds is 7.